The molecule has 23 heavy (non-hydrogen) atoms. The van der Waals surface area contributed by atoms with Crippen LogP contribution in [0.3, 0.4) is 0 Å². The average Bonchev–Trinajstić information content (AvgIpc) is 2.54. The lowest BCUT2D eigenvalue weighted by molar-refractivity contribution is 0.477. The number of nitrogens with two attached hydrogens (primary N) is 1. The van der Waals surface area contributed by atoms with Crippen LogP contribution in [0.25, 0.3) is 11.4 Å². The van der Waals surface area contributed by atoms with Gasteiger partial charge in [-0.1, -0.05) is 25.4 Å². The van der Waals surface area contributed by atoms with Crippen LogP contribution in [0.2, 0.25) is 5.02 Å². The number of anilines is 1. The summed E-state index contributed by atoms with van der Waals surface area (Å²) < 4.78 is 0. The number of halogens is 1. The van der Waals surface area contributed by atoms with Crippen molar-refractivity contribution in [2.24, 2.45) is 5.73 Å². The van der Waals surface area contributed by atoms with E-state index in [0.717, 1.165) is 29.9 Å². The van der Waals surface area contributed by atoms with E-state index in [9.17, 15) is 5.11 Å². The fraction of sp³-hybridized carbons (Fsp3) is 0.412. The molecule has 4 N–H and O–H groups in total. The van der Waals surface area contributed by atoms with Crippen molar-refractivity contribution in [2.45, 2.75) is 39.7 Å². The number of phenolic OH excluding ortho intramolecular Hbond substituents is 1. The van der Waals surface area contributed by atoms with E-state index in [2.05, 4.69) is 22.2 Å². The molecule has 2 rings (SSSR count). The number of benzene rings is 1. The Balaban J connectivity index is 2.45. The highest BCUT2D eigenvalue weighted by Gasteiger charge is 2.15. The maximum Gasteiger partial charge on any atom is 0.165 e. The maximum absolute atomic E-state index is 10.1. The van der Waals surface area contributed by atoms with Gasteiger partial charge < -0.3 is 16.2 Å². The maximum atomic E-state index is 10.1. The second kappa shape index (κ2) is 7.62. The molecule has 0 aliphatic heterocycles. The summed E-state index contributed by atoms with van der Waals surface area (Å²) in [5.41, 5.74) is 8.43. The molecule has 0 aliphatic rings. The number of nitrogens with zero attached hydrogens (tertiary/aromatic N) is 2. The Hall–Kier alpha value is -1.85. The molecule has 1 atom stereocenters. The van der Waals surface area contributed by atoms with Crippen LogP contribution in [0.15, 0.2) is 18.2 Å². The molecule has 124 valence electrons. The van der Waals surface area contributed by atoms with Gasteiger partial charge in [0.15, 0.2) is 5.82 Å². The van der Waals surface area contributed by atoms with Gasteiger partial charge in [0, 0.05) is 28.9 Å². The number of rotatable bonds is 6. The third kappa shape index (κ3) is 4.12. The highest BCUT2D eigenvalue weighted by Crippen LogP contribution is 2.31. The first kappa shape index (κ1) is 17.5. The predicted octanol–water partition coefficient (Wildman–Crippen LogP) is 3.52. The quantitative estimate of drug-likeness (QED) is 0.752. The van der Waals surface area contributed by atoms with Crippen molar-refractivity contribution in [2.75, 3.05) is 11.9 Å². The fourth-order valence-electron chi connectivity index (χ4n) is 2.35. The molecule has 1 heterocycles. The molecule has 0 fully saturated rings. The number of hydrogen-bond donors (Lipinski definition) is 3. The highest BCUT2D eigenvalue weighted by atomic mass is 35.5. The van der Waals surface area contributed by atoms with E-state index in [1.807, 2.05) is 13.8 Å². The third-order valence-electron chi connectivity index (χ3n) is 3.82. The standard InChI is InChI=1S/C17H23ClN4O/c1-4-12(19)9-20-16-13(5-2)10(3)21-17(22-16)14-8-11(18)6-7-15(14)23/h6-8,12,23H,4-5,9,19H2,1-3H3,(H,20,21,22). The summed E-state index contributed by atoms with van der Waals surface area (Å²) in [6.07, 6.45) is 1.71. The molecular weight excluding hydrogens is 312 g/mol. The largest absolute Gasteiger partial charge is 0.507 e. The SMILES string of the molecule is CCc1c(C)nc(-c2cc(Cl)ccc2O)nc1NCC(N)CC. The van der Waals surface area contributed by atoms with E-state index >= 15 is 0 Å². The van der Waals surface area contributed by atoms with Crippen LogP contribution < -0.4 is 11.1 Å². The van der Waals surface area contributed by atoms with E-state index in [0.29, 0.717) is 23.0 Å². The molecule has 0 bridgehead atoms. The van der Waals surface area contributed by atoms with E-state index in [1.165, 1.54) is 0 Å². The van der Waals surface area contributed by atoms with Crippen LogP contribution in [0.1, 0.15) is 31.5 Å². The molecule has 0 saturated heterocycles. The van der Waals surface area contributed by atoms with Crippen LogP contribution in [-0.2, 0) is 6.42 Å². The van der Waals surface area contributed by atoms with Crippen molar-refractivity contribution in [3.63, 3.8) is 0 Å². The summed E-state index contributed by atoms with van der Waals surface area (Å²) in [5.74, 6) is 1.32. The number of aromatic hydroxyl groups is 1. The summed E-state index contributed by atoms with van der Waals surface area (Å²) in [5, 5.41) is 13.9. The molecule has 6 heteroatoms. The van der Waals surface area contributed by atoms with Gasteiger partial charge in [-0.25, -0.2) is 9.97 Å². The van der Waals surface area contributed by atoms with Crippen molar-refractivity contribution in [3.05, 3.63) is 34.5 Å². The molecule has 1 aromatic heterocycles. The minimum Gasteiger partial charge on any atom is -0.507 e. The molecule has 0 amide bonds. The number of aromatic nitrogens is 2. The molecule has 0 spiro atoms. The summed E-state index contributed by atoms with van der Waals surface area (Å²) in [7, 11) is 0. The summed E-state index contributed by atoms with van der Waals surface area (Å²) in [4.78, 5) is 9.11. The number of hydrogen-bond acceptors (Lipinski definition) is 5. The number of nitrogens with one attached hydrogen (secondary N) is 1. The minimum absolute atomic E-state index is 0.0676. The Bertz CT molecular complexity index is 691. The number of phenols is 1. The van der Waals surface area contributed by atoms with E-state index < -0.39 is 0 Å². The normalized spacial score (nSPS) is 12.2. The lowest BCUT2D eigenvalue weighted by Crippen LogP contribution is -2.28. The van der Waals surface area contributed by atoms with E-state index in [-0.39, 0.29) is 11.8 Å². The first-order valence-corrected chi connectivity index (χ1v) is 8.19. The molecule has 0 saturated carbocycles. The molecule has 1 unspecified atom stereocenters. The average molecular weight is 335 g/mol. The Morgan fingerprint density at radius 1 is 1.30 bits per heavy atom. The Morgan fingerprint density at radius 3 is 2.70 bits per heavy atom. The molecule has 0 radical (unpaired) electrons. The smallest absolute Gasteiger partial charge is 0.165 e. The summed E-state index contributed by atoms with van der Waals surface area (Å²) in [6.45, 7) is 6.69. The van der Waals surface area contributed by atoms with Gasteiger partial charge in [-0.05, 0) is 38.0 Å². The second-order valence-electron chi connectivity index (χ2n) is 5.52. The summed E-state index contributed by atoms with van der Waals surface area (Å²) >= 11 is 6.03. The zero-order valence-electron chi connectivity index (χ0n) is 13.7. The Labute approximate surface area is 141 Å². The van der Waals surface area contributed by atoms with Crippen LogP contribution in [-0.4, -0.2) is 27.7 Å². The molecular formula is C17H23ClN4O. The molecule has 2 aromatic rings. The molecule has 1 aromatic carbocycles. The molecule has 0 aliphatic carbocycles. The zero-order chi connectivity index (χ0) is 17.0. The van der Waals surface area contributed by atoms with Crippen LogP contribution >= 0.6 is 11.6 Å². The predicted molar refractivity (Wildman–Crippen MR) is 95.0 cm³/mol. The Morgan fingerprint density at radius 2 is 2.04 bits per heavy atom. The van der Waals surface area contributed by atoms with Gasteiger partial charge >= 0.3 is 0 Å². The van der Waals surface area contributed by atoms with Crippen molar-refractivity contribution < 1.29 is 5.11 Å². The Kier molecular flexibility index (Phi) is 5.80. The first-order chi connectivity index (χ1) is 11.0. The van der Waals surface area contributed by atoms with Crippen molar-refractivity contribution >= 4 is 17.4 Å². The van der Waals surface area contributed by atoms with E-state index in [1.54, 1.807) is 18.2 Å². The van der Waals surface area contributed by atoms with Gasteiger partial charge in [0.05, 0.1) is 5.56 Å². The van der Waals surface area contributed by atoms with Crippen LogP contribution in [0.4, 0.5) is 5.82 Å². The third-order valence-corrected chi connectivity index (χ3v) is 4.06. The lowest BCUT2D eigenvalue weighted by Gasteiger charge is -2.16. The number of aryl methyl sites for hydroxylation is 1. The monoisotopic (exact) mass is 334 g/mol. The van der Waals surface area contributed by atoms with Crippen molar-refractivity contribution in [1.82, 2.24) is 9.97 Å². The van der Waals surface area contributed by atoms with Crippen LogP contribution in [0.5, 0.6) is 5.75 Å². The van der Waals surface area contributed by atoms with Gasteiger partial charge in [-0.3, -0.25) is 0 Å². The van der Waals surface area contributed by atoms with Gasteiger partial charge in [0.25, 0.3) is 0 Å². The first-order valence-electron chi connectivity index (χ1n) is 7.82. The summed E-state index contributed by atoms with van der Waals surface area (Å²) in [6, 6.07) is 4.91. The zero-order valence-corrected chi connectivity index (χ0v) is 14.5. The fourth-order valence-corrected chi connectivity index (χ4v) is 2.52. The highest BCUT2D eigenvalue weighted by molar-refractivity contribution is 6.30. The molecule has 5 nitrogen and oxygen atoms in total. The van der Waals surface area contributed by atoms with Gasteiger partial charge in [0.1, 0.15) is 11.6 Å². The van der Waals surface area contributed by atoms with Crippen molar-refractivity contribution in [1.29, 1.82) is 0 Å². The van der Waals surface area contributed by atoms with Gasteiger partial charge in [-0.2, -0.15) is 0 Å². The second-order valence-corrected chi connectivity index (χ2v) is 5.96. The van der Waals surface area contributed by atoms with Crippen LogP contribution in [0, 0.1) is 6.92 Å². The topological polar surface area (TPSA) is 84.1 Å². The van der Waals surface area contributed by atoms with Gasteiger partial charge in [-0.15, -0.1) is 0 Å². The minimum atomic E-state index is 0.0676. The van der Waals surface area contributed by atoms with Crippen molar-refractivity contribution in [3.8, 4) is 17.1 Å². The lowest BCUT2D eigenvalue weighted by atomic mass is 10.1. The van der Waals surface area contributed by atoms with E-state index in [4.69, 9.17) is 17.3 Å². The van der Waals surface area contributed by atoms with Gasteiger partial charge in [0.2, 0.25) is 0 Å².